The highest BCUT2D eigenvalue weighted by atomic mass is 32.1. The molecule has 1 N–H and O–H groups in total. The fraction of sp³-hybridized carbons (Fsp3) is 0.100. The Morgan fingerprint density at radius 1 is 1.04 bits per heavy atom. The van der Waals surface area contributed by atoms with E-state index in [4.69, 9.17) is 4.98 Å². The van der Waals surface area contributed by atoms with Crippen LogP contribution in [0.25, 0.3) is 21.8 Å². The molecular weight excluding hydrogens is 316 g/mol. The molecule has 0 saturated carbocycles. The molecular formula is C20H18N2OS. The van der Waals surface area contributed by atoms with E-state index in [1.807, 2.05) is 60.7 Å². The van der Waals surface area contributed by atoms with Crippen LogP contribution < -0.4 is 5.32 Å². The second-order valence-electron chi connectivity index (χ2n) is 5.29. The number of nitrogens with zero attached hydrogens (tertiary/aromatic N) is 1. The van der Waals surface area contributed by atoms with E-state index in [-0.39, 0.29) is 5.91 Å². The SMILES string of the molecule is C=CCNC(=O)Cc1sc(-c2ccccc2)nc1-c1ccccc1. The van der Waals surface area contributed by atoms with E-state index in [1.165, 1.54) is 0 Å². The van der Waals surface area contributed by atoms with Crippen LogP contribution >= 0.6 is 11.3 Å². The molecule has 0 aliphatic rings. The minimum Gasteiger partial charge on any atom is -0.352 e. The van der Waals surface area contributed by atoms with Crippen molar-refractivity contribution in [2.75, 3.05) is 6.54 Å². The summed E-state index contributed by atoms with van der Waals surface area (Å²) in [6.07, 6.45) is 2.00. The number of aromatic nitrogens is 1. The van der Waals surface area contributed by atoms with Gasteiger partial charge in [-0.2, -0.15) is 0 Å². The summed E-state index contributed by atoms with van der Waals surface area (Å²) in [5, 5.41) is 3.76. The number of benzene rings is 2. The highest BCUT2D eigenvalue weighted by Gasteiger charge is 2.16. The Bertz CT molecular complexity index is 825. The van der Waals surface area contributed by atoms with Gasteiger partial charge >= 0.3 is 0 Å². The van der Waals surface area contributed by atoms with Gasteiger partial charge in [-0.15, -0.1) is 17.9 Å². The molecule has 4 heteroatoms. The number of thiazole rings is 1. The van der Waals surface area contributed by atoms with E-state index >= 15 is 0 Å². The monoisotopic (exact) mass is 334 g/mol. The number of nitrogens with one attached hydrogen (secondary N) is 1. The molecule has 0 radical (unpaired) electrons. The van der Waals surface area contributed by atoms with Crippen LogP contribution in [-0.4, -0.2) is 17.4 Å². The first-order valence-corrected chi connectivity index (χ1v) is 8.57. The number of carbonyl (C=O) groups excluding carboxylic acids is 1. The Kier molecular flexibility index (Phi) is 5.18. The van der Waals surface area contributed by atoms with E-state index in [0.717, 1.165) is 26.7 Å². The lowest BCUT2D eigenvalue weighted by Crippen LogP contribution is -2.24. The topological polar surface area (TPSA) is 42.0 Å². The predicted octanol–water partition coefficient (Wildman–Crippen LogP) is 4.32. The maximum Gasteiger partial charge on any atom is 0.225 e. The number of hydrogen-bond donors (Lipinski definition) is 1. The summed E-state index contributed by atoms with van der Waals surface area (Å²) < 4.78 is 0. The Hall–Kier alpha value is -2.72. The van der Waals surface area contributed by atoms with Crippen LogP contribution in [0.3, 0.4) is 0 Å². The third kappa shape index (κ3) is 3.78. The van der Waals surface area contributed by atoms with Crippen LogP contribution in [0.1, 0.15) is 4.88 Å². The third-order valence-corrected chi connectivity index (χ3v) is 4.63. The molecule has 1 heterocycles. The lowest BCUT2D eigenvalue weighted by Gasteiger charge is -2.03. The lowest BCUT2D eigenvalue weighted by atomic mass is 10.1. The lowest BCUT2D eigenvalue weighted by molar-refractivity contribution is -0.120. The fourth-order valence-electron chi connectivity index (χ4n) is 2.39. The van der Waals surface area contributed by atoms with Crippen molar-refractivity contribution in [2.24, 2.45) is 0 Å². The fourth-order valence-corrected chi connectivity index (χ4v) is 3.48. The molecule has 1 aromatic heterocycles. The third-order valence-electron chi connectivity index (χ3n) is 3.53. The van der Waals surface area contributed by atoms with Crippen molar-refractivity contribution in [2.45, 2.75) is 6.42 Å². The molecule has 0 aliphatic heterocycles. The maximum absolute atomic E-state index is 12.1. The quantitative estimate of drug-likeness (QED) is 0.682. The zero-order valence-corrected chi connectivity index (χ0v) is 14.1. The van der Waals surface area contributed by atoms with Crippen molar-refractivity contribution in [1.29, 1.82) is 0 Å². The minimum absolute atomic E-state index is 0.0182. The van der Waals surface area contributed by atoms with Crippen LogP contribution in [0.5, 0.6) is 0 Å². The van der Waals surface area contributed by atoms with Crippen molar-refractivity contribution >= 4 is 17.2 Å². The predicted molar refractivity (Wildman–Crippen MR) is 99.9 cm³/mol. The zero-order chi connectivity index (χ0) is 16.8. The molecule has 1 amide bonds. The minimum atomic E-state index is -0.0182. The Morgan fingerprint density at radius 2 is 1.67 bits per heavy atom. The standard InChI is InChI=1S/C20H18N2OS/c1-2-13-21-18(23)14-17-19(15-9-5-3-6-10-15)22-20(24-17)16-11-7-4-8-12-16/h2-12H,1,13-14H2,(H,21,23). The maximum atomic E-state index is 12.1. The normalized spacial score (nSPS) is 10.3. The molecule has 24 heavy (non-hydrogen) atoms. The van der Waals surface area contributed by atoms with Gasteiger partial charge in [0.1, 0.15) is 5.01 Å². The summed E-state index contributed by atoms with van der Waals surface area (Å²) in [6, 6.07) is 20.0. The summed E-state index contributed by atoms with van der Waals surface area (Å²) in [7, 11) is 0. The van der Waals surface area contributed by atoms with Gasteiger partial charge in [-0.25, -0.2) is 4.98 Å². The zero-order valence-electron chi connectivity index (χ0n) is 13.2. The van der Waals surface area contributed by atoms with E-state index in [1.54, 1.807) is 17.4 Å². The molecule has 0 aliphatic carbocycles. The second kappa shape index (κ2) is 7.70. The molecule has 3 aromatic rings. The van der Waals surface area contributed by atoms with Crippen LogP contribution in [0.15, 0.2) is 73.3 Å². The number of rotatable bonds is 6. The van der Waals surface area contributed by atoms with Gasteiger partial charge in [0.05, 0.1) is 12.1 Å². The summed E-state index contributed by atoms with van der Waals surface area (Å²) in [6.45, 7) is 4.10. The second-order valence-corrected chi connectivity index (χ2v) is 6.38. The van der Waals surface area contributed by atoms with Crippen LogP contribution in [0, 0.1) is 0 Å². The van der Waals surface area contributed by atoms with Crippen molar-refractivity contribution in [1.82, 2.24) is 10.3 Å². The molecule has 0 unspecified atom stereocenters. The smallest absolute Gasteiger partial charge is 0.225 e. The molecule has 120 valence electrons. The average Bonchev–Trinajstić information content (AvgIpc) is 3.05. The van der Waals surface area contributed by atoms with Gasteiger partial charge in [0.25, 0.3) is 0 Å². The Morgan fingerprint density at radius 3 is 2.29 bits per heavy atom. The molecule has 3 nitrogen and oxygen atoms in total. The van der Waals surface area contributed by atoms with Gasteiger partial charge < -0.3 is 5.32 Å². The molecule has 0 atom stereocenters. The van der Waals surface area contributed by atoms with Crippen LogP contribution in [0.4, 0.5) is 0 Å². The molecule has 0 fully saturated rings. The van der Waals surface area contributed by atoms with Gasteiger partial charge in [-0.3, -0.25) is 4.79 Å². The number of amides is 1. The van der Waals surface area contributed by atoms with Gasteiger partial charge in [0.2, 0.25) is 5.91 Å². The van der Waals surface area contributed by atoms with Gasteiger partial charge in [0, 0.05) is 22.5 Å². The van der Waals surface area contributed by atoms with E-state index < -0.39 is 0 Å². The van der Waals surface area contributed by atoms with Gasteiger partial charge in [0.15, 0.2) is 0 Å². The average molecular weight is 334 g/mol. The van der Waals surface area contributed by atoms with Crippen molar-refractivity contribution in [3.63, 3.8) is 0 Å². The summed E-state index contributed by atoms with van der Waals surface area (Å²) in [5.41, 5.74) is 2.98. The first-order valence-electron chi connectivity index (χ1n) is 7.76. The number of carbonyl (C=O) groups is 1. The molecule has 3 rings (SSSR count). The number of hydrogen-bond acceptors (Lipinski definition) is 3. The summed E-state index contributed by atoms with van der Waals surface area (Å²) in [5.74, 6) is -0.0182. The molecule has 2 aromatic carbocycles. The van der Waals surface area contributed by atoms with E-state index in [9.17, 15) is 4.79 Å². The Labute approximate surface area is 145 Å². The van der Waals surface area contributed by atoms with Gasteiger partial charge in [-0.1, -0.05) is 66.7 Å². The molecule has 0 saturated heterocycles. The van der Waals surface area contributed by atoms with Crippen molar-refractivity contribution in [3.8, 4) is 21.8 Å². The van der Waals surface area contributed by atoms with Gasteiger partial charge in [-0.05, 0) is 0 Å². The molecule has 0 spiro atoms. The highest BCUT2D eigenvalue weighted by molar-refractivity contribution is 7.15. The van der Waals surface area contributed by atoms with E-state index in [2.05, 4.69) is 11.9 Å². The van der Waals surface area contributed by atoms with Crippen LogP contribution in [0.2, 0.25) is 0 Å². The van der Waals surface area contributed by atoms with Crippen molar-refractivity contribution in [3.05, 3.63) is 78.2 Å². The first kappa shape index (κ1) is 16.1. The van der Waals surface area contributed by atoms with E-state index in [0.29, 0.717) is 13.0 Å². The van der Waals surface area contributed by atoms with Crippen molar-refractivity contribution < 1.29 is 4.79 Å². The largest absolute Gasteiger partial charge is 0.352 e. The highest BCUT2D eigenvalue weighted by Crippen LogP contribution is 2.34. The summed E-state index contributed by atoms with van der Waals surface area (Å²) >= 11 is 1.57. The summed E-state index contributed by atoms with van der Waals surface area (Å²) in [4.78, 5) is 17.9. The molecule has 0 bridgehead atoms. The van der Waals surface area contributed by atoms with Crippen LogP contribution in [-0.2, 0) is 11.2 Å². The Balaban J connectivity index is 1.97. The first-order chi connectivity index (χ1) is 11.8.